The van der Waals surface area contributed by atoms with Crippen LogP contribution in [0.4, 0.5) is 13.2 Å². The van der Waals surface area contributed by atoms with Crippen LogP contribution in [0.15, 0.2) is 22.8 Å². The monoisotopic (exact) mass is 564 g/mol. The second-order valence-electron chi connectivity index (χ2n) is 13.9. The van der Waals surface area contributed by atoms with E-state index in [1.54, 1.807) is 10.2 Å². The molecule has 6 aliphatic rings. The summed E-state index contributed by atoms with van der Waals surface area (Å²) in [6.07, 6.45) is 4.56. The highest BCUT2D eigenvalue weighted by atomic mass is 19.4. The van der Waals surface area contributed by atoms with Gasteiger partial charge in [0, 0.05) is 12.5 Å². The minimum absolute atomic E-state index is 0.00236. The number of aliphatic hydroxyl groups is 1. The predicted octanol–water partition coefficient (Wildman–Crippen LogP) is 4.92. The molecule has 0 aromatic heterocycles. The first-order valence-corrected chi connectivity index (χ1v) is 15.2. The third-order valence-electron chi connectivity index (χ3n) is 12.0. The van der Waals surface area contributed by atoms with E-state index in [0.29, 0.717) is 24.3 Å². The van der Waals surface area contributed by atoms with Gasteiger partial charge in [-0.25, -0.2) is 0 Å². The summed E-state index contributed by atoms with van der Waals surface area (Å²) in [7, 11) is 0. The maximum Gasteiger partial charge on any atom is 0.471 e. The number of piperidine rings is 1. The molecule has 2 N–H and O–H groups in total. The van der Waals surface area contributed by atoms with Gasteiger partial charge in [0.25, 0.3) is 0 Å². The number of allylic oxidation sites excluding steroid dienone is 2. The second kappa shape index (κ2) is 9.58. The summed E-state index contributed by atoms with van der Waals surface area (Å²) in [5.74, 6) is -0.712. The second-order valence-corrected chi connectivity index (χ2v) is 13.9. The van der Waals surface area contributed by atoms with Gasteiger partial charge in [-0.15, -0.1) is 0 Å². The molecule has 6 rings (SSSR count). The average Bonchev–Trinajstić information content (AvgIpc) is 3.41. The highest BCUT2D eigenvalue weighted by molar-refractivity contribution is 5.87. The molecule has 1 spiro atoms. The fourth-order valence-electron chi connectivity index (χ4n) is 9.96. The minimum Gasteiger partial charge on any atom is -0.393 e. The van der Waals surface area contributed by atoms with Crippen molar-refractivity contribution in [1.29, 1.82) is 0 Å². The number of hydrogen-bond acceptors (Lipinski definition) is 4. The molecule has 9 heteroatoms. The Kier molecular flexibility index (Phi) is 6.77. The normalized spacial score (nSPS) is 44.5. The Balaban J connectivity index is 1.26. The summed E-state index contributed by atoms with van der Waals surface area (Å²) in [5.41, 5.74) is 3.93. The molecule has 0 radical (unpaired) electrons. The zero-order valence-corrected chi connectivity index (χ0v) is 24.0. The number of likely N-dealkylation sites (tertiary alicyclic amines) is 1. The lowest BCUT2D eigenvalue weighted by Gasteiger charge is -2.49. The number of fused-ring (bicyclic) bond motifs is 6. The van der Waals surface area contributed by atoms with E-state index in [1.807, 2.05) is 6.92 Å². The van der Waals surface area contributed by atoms with Crippen molar-refractivity contribution in [1.82, 2.24) is 10.2 Å². The Morgan fingerprint density at radius 3 is 2.67 bits per heavy atom. The minimum atomic E-state index is -5.02. The highest BCUT2D eigenvalue weighted by Gasteiger charge is 2.62. The molecule has 2 heterocycles. The molecule has 6 nitrogen and oxygen atoms in total. The van der Waals surface area contributed by atoms with Crippen LogP contribution in [-0.4, -0.2) is 64.9 Å². The van der Waals surface area contributed by atoms with E-state index in [2.05, 4.69) is 26.8 Å². The molecule has 4 aliphatic carbocycles. The number of halogens is 3. The molecule has 0 bridgehead atoms. The molecule has 0 aromatic rings. The number of hydrogen-bond donors (Lipinski definition) is 2. The van der Waals surface area contributed by atoms with E-state index in [4.69, 9.17) is 4.74 Å². The fraction of sp³-hybridized carbons (Fsp3) is 0.806. The van der Waals surface area contributed by atoms with Crippen LogP contribution in [0.1, 0.15) is 79.1 Å². The molecule has 40 heavy (non-hydrogen) atoms. The molecule has 2 saturated heterocycles. The van der Waals surface area contributed by atoms with Gasteiger partial charge in [0.1, 0.15) is 0 Å². The number of aliphatic hydroxyl groups excluding tert-OH is 1. The van der Waals surface area contributed by atoms with Gasteiger partial charge in [-0.1, -0.05) is 38.0 Å². The topological polar surface area (TPSA) is 78.9 Å². The van der Waals surface area contributed by atoms with E-state index in [0.717, 1.165) is 51.4 Å². The fourth-order valence-corrected chi connectivity index (χ4v) is 9.96. The first kappa shape index (κ1) is 28.3. The molecule has 10 atom stereocenters. The number of nitrogens with zero attached hydrogens (tertiary/aromatic N) is 1. The van der Waals surface area contributed by atoms with Crippen molar-refractivity contribution in [2.75, 3.05) is 13.1 Å². The van der Waals surface area contributed by atoms with E-state index in [1.165, 1.54) is 16.7 Å². The lowest BCUT2D eigenvalue weighted by Crippen LogP contribution is -2.57. The Morgan fingerprint density at radius 2 is 1.95 bits per heavy atom. The van der Waals surface area contributed by atoms with Crippen molar-refractivity contribution in [3.63, 3.8) is 0 Å². The van der Waals surface area contributed by atoms with Crippen LogP contribution < -0.4 is 5.32 Å². The molecule has 0 aromatic carbocycles. The van der Waals surface area contributed by atoms with E-state index in [-0.39, 0.29) is 35.5 Å². The molecular weight excluding hydrogens is 521 g/mol. The Labute approximate surface area is 234 Å². The lowest BCUT2D eigenvalue weighted by atomic mass is 9.56. The van der Waals surface area contributed by atoms with Crippen molar-refractivity contribution in [2.24, 2.45) is 35.0 Å². The van der Waals surface area contributed by atoms with E-state index >= 15 is 0 Å². The van der Waals surface area contributed by atoms with Crippen LogP contribution in [0.25, 0.3) is 0 Å². The Hall–Kier alpha value is -1.87. The quantitative estimate of drug-likeness (QED) is 0.467. The SMILES string of the molecule is CC1=C2C[C@H]3[C@@H](CC=C4C[C@@H](O)CC[C@@]43C)[C@@H]2CCC12O[C@@H]1C[C@H](C)CN(C(=O)CNC(=O)C(F)(F)F)[C@H]1[C@H]2C. The van der Waals surface area contributed by atoms with Gasteiger partial charge in [0.05, 0.1) is 30.4 Å². The number of amides is 2. The van der Waals surface area contributed by atoms with Crippen LogP contribution in [0.2, 0.25) is 0 Å². The van der Waals surface area contributed by atoms with Crippen molar-refractivity contribution in [3.05, 3.63) is 22.8 Å². The number of rotatable bonds is 2. The molecule has 1 unspecified atom stereocenters. The van der Waals surface area contributed by atoms with Gasteiger partial charge in [-0.2, -0.15) is 13.2 Å². The molecule has 4 fully saturated rings. The molecule has 2 saturated carbocycles. The van der Waals surface area contributed by atoms with E-state index < -0.39 is 30.1 Å². The van der Waals surface area contributed by atoms with E-state index in [9.17, 15) is 27.9 Å². The Bertz CT molecular complexity index is 1150. The van der Waals surface area contributed by atoms with Gasteiger partial charge >= 0.3 is 12.1 Å². The van der Waals surface area contributed by atoms with Crippen molar-refractivity contribution in [3.8, 4) is 0 Å². The predicted molar refractivity (Wildman–Crippen MR) is 143 cm³/mol. The number of ether oxygens (including phenoxy) is 1. The van der Waals surface area contributed by atoms with Gasteiger partial charge in [-0.3, -0.25) is 9.59 Å². The largest absolute Gasteiger partial charge is 0.471 e. The molecule has 2 aliphatic heterocycles. The summed E-state index contributed by atoms with van der Waals surface area (Å²) < 4.78 is 45.2. The lowest BCUT2D eigenvalue weighted by molar-refractivity contribution is -0.174. The van der Waals surface area contributed by atoms with Crippen LogP contribution in [0, 0.1) is 35.0 Å². The number of carbonyl (C=O) groups excluding carboxylic acids is 2. The van der Waals surface area contributed by atoms with Crippen LogP contribution in [0.3, 0.4) is 0 Å². The zero-order chi connectivity index (χ0) is 28.8. The Morgan fingerprint density at radius 1 is 1.20 bits per heavy atom. The molecular formula is C31H43F3N2O4. The van der Waals surface area contributed by atoms with Crippen molar-refractivity contribution in [2.45, 2.75) is 109 Å². The zero-order valence-electron chi connectivity index (χ0n) is 24.0. The van der Waals surface area contributed by atoms with Crippen molar-refractivity contribution < 1.29 is 32.6 Å². The number of carbonyl (C=O) groups is 2. The summed E-state index contributed by atoms with van der Waals surface area (Å²) in [6, 6.07) is -0.229. The molecule has 222 valence electrons. The summed E-state index contributed by atoms with van der Waals surface area (Å²) in [6.45, 7) is 8.61. The number of alkyl halides is 3. The number of nitrogens with one attached hydrogen (secondary N) is 1. The summed E-state index contributed by atoms with van der Waals surface area (Å²) in [4.78, 5) is 26.3. The maximum absolute atomic E-state index is 13.2. The smallest absolute Gasteiger partial charge is 0.393 e. The summed E-state index contributed by atoms with van der Waals surface area (Å²) in [5, 5.41) is 12.1. The highest BCUT2D eigenvalue weighted by Crippen LogP contribution is 2.65. The third-order valence-corrected chi connectivity index (χ3v) is 12.0. The van der Waals surface area contributed by atoms with Crippen LogP contribution >= 0.6 is 0 Å². The van der Waals surface area contributed by atoms with Gasteiger partial charge in [-0.05, 0) is 93.0 Å². The van der Waals surface area contributed by atoms with Crippen molar-refractivity contribution >= 4 is 11.8 Å². The van der Waals surface area contributed by atoms with Crippen LogP contribution in [-0.2, 0) is 14.3 Å². The first-order chi connectivity index (χ1) is 18.8. The van der Waals surface area contributed by atoms with Gasteiger partial charge < -0.3 is 20.1 Å². The molecule has 2 amide bonds. The first-order valence-electron chi connectivity index (χ1n) is 15.2. The summed E-state index contributed by atoms with van der Waals surface area (Å²) >= 11 is 0. The standard InChI is InChI=1S/C31H43F3N2O4/c1-16-11-25-27(36(15-16)26(38)14-35-28(39)31(32,33)34)18(3)30(40-25)10-8-21-22-6-5-19-12-20(37)7-9-29(19,4)24(22)13-23(21)17(30)2/h5,16,18,20-22,24-25,27,37H,6-15H2,1-4H3,(H,35,39)/t16-,18+,20-,21-,22-,24-,25+,27-,29-,30?/m0/s1. The van der Waals surface area contributed by atoms with Crippen LogP contribution in [0.5, 0.6) is 0 Å². The average molecular weight is 565 g/mol. The maximum atomic E-state index is 13.2. The van der Waals surface area contributed by atoms with Gasteiger partial charge in [0.15, 0.2) is 0 Å². The van der Waals surface area contributed by atoms with Gasteiger partial charge in [0.2, 0.25) is 5.91 Å². The third kappa shape index (κ3) is 4.19.